The van der Waals surface area contributed by atoms with Gasteiger partial charge in [-0.2, -0.15) is 0 Å². The van der Waals surface area contributed by atoms with Crippen LogP contribution in [0.1, 0.15) is 18.4 Å². The van der Waals surface area contributed by atoms with Crippen molar-refractivity contribution in [1.82, 2.24) is 20.5 Å². The van der Waals surface area contributed by atoms with Crippen LogP contribution in [0.5, 0.6) is 5.75 Å². The van der Waals surface area contributed by atoms with Gasteiger partial charge in [0, 0.05) is 43.2 Å². The minimum Gasteiger partial charge on any atom is -0.496 e. The second kappa shape index (κ2) is 9.35. The molecule has 3 heterocycles. The van der Waals surface area contributed by atoms with Crippen molar-refractivity contribution in [3.05, 3.63) is 66.5 Å². The summed E-state index contributed by atoms with van der Waals surface area (Å²) in [6.45, 7) is 1.97. The summed E-state index contributed by atoms with van der Waals surface area (Å²) >= 11 is 0. The van der Waals surface area contributed by atoms with Crippen LogP contribution < -0.4 is 15.0 Å². The van der Waals surface area contributed by atoms with Crippen LogP contribution in [0.25, 0.3) is 11.3 Å². The lowest BCUT2D eigenvalue weighted by molar-refractivity contribution is -0.125. The van der Waals surface area contributed by atoms with Gasteiger partial charge in [-0.3, -0.25) is 9.78 Å². The van der Waals surface area contributed by atoms with Crippen LogP contribution in [0.15, 0.2) is 60.9 Å². The van der Waals surface area contributed by atoms with Crippen molar-refractivity contribution in [2.24, 2.45) is 5.92 Å². The molecule has 7 nitrogen and oxygen atoms in total. The molecule has 1 aliphatic rings. The monoisotopic (exact) mass is 403 g/mol. The van der Waals surface area contributed by atoms with E-state index in [4.69, 9.17) is 4.74 Å². The number of carbonyl (C=O) groups is 1. The van der Waals surface area contributed by atoms with E-state index < -0.39 is 0 Å². The number of anilines is 1. The third-order valence-electron chi connectivity index (χ3n) is 5.39. The molecule has 3 aromatic rings. The molecule has 30 heavy (non-hydrogen) atoms. The molecule has 1 atom stereocenters. The lowest BCUT2D eigenvalue weighted by Gasteiger charge is -2.32. The first-order valence-electron chi connectivity index (χ1n) is 10.1. The zero-order valence-corrected chi connectivity index (χ0v) is 17.0. The summed E-state index contributed by atoms with van der Waals surface area (Å²) in [4.78, 5) is 18.9. The highest BCUT2D eigenvalue weighted by Gasteiger charge is 2.26. The number of carbonyl (C=O) groups excluding carboxylic acids is 1. The van der Waals surface area contributed by atoms with Gasteiger partial charge in [-0.05, 0) is 43.2 Å². The van der Waals surface area contributed by atoms with Crippen molar-refractivity contribution in [2.75, 3.05) is 25.1 Å². The molecule has 1 amide bonds. The number of piperidine rings is 1. The van der Waals surface area contributed by atoms with E-state index in [1.54, 1.807) is 19.5 Å². The van der Waals surface area contributed by atoms with Gasteiger partial charge >= 0.3 is 0 Å². The van der Waals surface area contributed by atoms with E-state index in [1.807, 2.05) is 48.5 Å². The predicted molar refractivity (Wildman–Crippen MR) is 115 cm³/mol. The van der Waals surface area contributed by atoms with Crippen LogP contribution in [0.3, 0.4) is 0 Å². The van der Waals surface area contributed by atoms with E-state index in [2.05, 4.69) is 25.4 Å². The minimum absolute atomic E-state index is 0.0620. The molecule has 154 valence electrons. The van der Waals surface area contributed by atoms with Gasteiger partial charge in [0.2, 0.25) is 5.91 Å². The number of aromatic nitrogens is 3. The summed E-state index contributed by atoms with van der Waals surface area (Å²) in [7, 11) is 1.64. The molecule has 7 heteroatoms. The van der Waals surface area contributed by atoms with Crippen LogP contribution in [-0.4, -0.2) is 41.3 Å². The van der Waals surface area contributed by atoms with Crippen LogP contribution in [0.2, 0.25) is 0 Å². The fourth-order valence-corrected chi connectivity index (χ4v) is 3.75. The summed E-state index contributed by atoms with van der Waals surface area (Å²) in [6, 6.07) is 15.5. The second-order valence-electron chi connectivity index (χ2n) is 7.33. The van der Waals surface area contributed by atoms with Crippen molar-refractivity contribution in [3.63, 3.8) is 0 Å². The molecule has 1 N–H and O–H groups in total. The average Bonchev–Trinajstić information content (AvgIpc) is 2.83. The lowest BCUT2D eigenvalue weighted by Crippen LogP contribution is -2.43. The van der Waals surface area contributed by atoms with E-state index >= 15 is 0 Å². The van der Waals surface area contributed by atoms with Crippen molar-refractivity contribution >= 4 is 11.7 Å². The van der Waals surface area contributed by atoms with Gasteiger partial charge in [-0.15, -0.1) is 10.2 Å². The van der Waals surface area contributed by atoms with Gasteiger partial charge in [0.25, 0.3) is 0 Å². The number of rotatable bonds is 6. The smallest absolute Gasteiger partial charge is 0.225 e. The number of ether oxygens (including phenoxy) is 1. The molecule has 1 aromatic carbocycles. The Morgan fingerprint density at radius 1 is 1.13 bits per heavy atom. The van der Waals surface area contributed by atoms with Gasteiger partial charge in [-0.1, -0.05) is 18.2 Å². The Balaban J connectivity index is 1.37. The highest BCUT2D eigenvalue weighted by atomic mass is 16.5. The quantitative estimate of drug-likeness (QED) is 0.681. The largest absolute Gasteiger partial charge is 0.496 e. The first-order valence-corrected chi connectivity index (χ1v) is 10.1. The SMILES string of the molecule is COc1ccccc1CNC(=O)C1CCCN(c2ccc(-c3ccncc3)nn2)C1. The molecule has 0 saturated carbocycles. The lowest BCUT2D eigenvalue weighted by atomic mass is 9.97. The molecular weight excluding hydrogens is 378 g/mol. The number of para-hydroxylation sites is 1. The van der Waals surface area contributed by atoms with Gasteiger partial charge < -0.3 is 15.0 Å². The number of nitrogens with zero attached hydrogens (tertiary/aromatic N) is 4. The zero-order valence-electron chi connectivity index (χ0n) is 17.0. The number of hydrogen-bond donors (Lipinski definition) is 1. The third kappa shape index (κ3) is 4.56. The van der Waals surface area contributed by atoms with Crippen LogP contribution in [0, 0.1) is 5.92 Å². The normalized spacial score (nSPS) is 16.2. The summed E-state index contributed by atoms with van der Waals surface area (Å²) in [5, 5.41) is 11.8. The number of amides is 1. The van der Waals surface area contributed by atoms with Crippen molar-refractivity contribution in [1.29, 1.82) is 0 Å². The Labute approximate surface area is 176 Å². The van der Waals surface area contributed by atoms with E-state index in [0.717, 1.165) is 47.8 Å². The van der Waals surface area contributed by atoms with E-state index in [-0.39, 0.29) is 11.8 Å². The predicted octanol–water partition coefficient (Wildman–Crippen LogP) is 3.08. The summed E-state index contributed by atoms with van der Waals surface area (Å²) in [6.07, 6.45) is 5.30. The van der Waals surface area contributed by atoms with Gasteiger partial charge in [0.15, 0.2) is 5.82 Å². The molecule has 0 radical (unpaired) electrons. The Kier molecular flexibility index (Phi) is 6.17. The maximum Gasteiger partial charge on any atom is 0.225 e. The highest BCUT2D eigenvalue weighted by Crippen LogP contribution is 2.24. The van der Waals surface area contributed by atoms with Crippen LogP contribution >= 0.6 is 0 Å². The van der Waals surface area contributed by atoms with Crippen molar-refractivity contribution in [3.8, 4) is 17.0 Å². The maximum atomic E-state index is 12.8. The van der Waals surface area contributed by atoms with Crippen LogP contribution in [0.4, 0.5) is 5.82 Å². The molecule has 1 aliphatic heterocycles. The number of methoxy groups -OCH3 is 1. The zero-order chi connectivity index (χ0) is 20.8. The number of hydrogen-bond acceptors (Lipinski definition) is 6. The van der Waals surface area contributed by atoms with E-state index in [0.29, 0.717) is 13.1 Å². The van der Waals surface area contributed by atoms with Crippen molar-refractivity contribution < 1.29 is 9.53 Å². The molecule has 0 aliphatic carbocycles. The molecule has 0 spiro atoms. The molecule has 1 unspecified atom stereocenters. The Morgan fingerprint density at radius 2 is 1.97 bits per heavy atom. The first-order chi connectivity index (χ1) is 14.7. The van der Waals surface area contributed by atoms with E-state index in [1.165, 1.54) is 0 Å². The van der Waals surface area contributed by atoms with Gasteiger partial charge in [0.1, 0.15) is 5.75 Å². The Bertz CT molecular complexity index is 978. The van der Waals surface area contributed by atoms with Gasteiger partial charge in [-0.25, -0.2) is 0 Å². The van der Waals surface area contributed by atoms with Crippen LogP contribution in [-0.2, 0) is 11.3 Å². The molecule has 2 aromatic heterocycles. The van der Waals surface area contributed by atoms with Gasteiger partial charge in [0.05, 0.1) is 18.7 Å². The molecular formula is C23H25N5O2. The average molecular weight is 403 g/mol. The molecule has 1 fully saturated rings. The molecule has 0 bridgehead atoms. The number of benzene rings is 1. The highest BCUT2D eigenvalue weighted by molar-refractivity contribution is 5.79. The number of pyridine rings is 1. The van der Waals surface area contributed by atoms with Crippen molar-refractivity contribution in [2.45, 2.75) is 19.4 Å². The van der Waals surface area contributed by atoms with E-state index in [9.17, 15) is 4.79 Å². The summed E-state index contributed by atoms with van der Waals surface area (Å²) in [5.41, 5.74) is 2.76. The third-order valence-corrected chi connectivity index (χ3v) is 5.39. The fraction of sp³-hybridized carbons (Fsp3) is 0.304. The first kappa shape index (κ1) is 19.8. The minimum atomic E-state index is -0.0740. The Morgan fingerprint density at radius 3 is 2.73 bits per heavy atom. The topological polar surface area (TPSA) is 80.2 Å². The summed E-state index contributed by atoms with van der Waals surface area (Å²) in [5.74, 6) is 1.57. The Hall–Kier alpha value is -3.48. The number of nitrogens with one attached hydrogen (secondary N) is 1. The fourth-order valence-electron chi connectivity index (χ4n) is 3.75. The summed E-state index contributed by atoms with van der Waals surface area (Å²) < 4.78 is 5.36. The maximum absolute atomic E-state index is 12.8. The molecule has 4 rings (SSSR count). The second-order valence-corrected chi connectivity index (χ2v) is 7.33. The standard InChI is InChI=1S/C23H25N5O2/c1-30-21-7-3-2-5-18(21)15-25-23(29)19-6-4-14-28(16-19)22-9-8-20(26-27-22)17-10-12-24-13-11-17/h2-3,5,7-13,19H,4,6,14-16H2,1H3,(H,25,29). The molecule has 1 saturated heterocycles.